The molecule has 0 radical (unpaired) electrons. The zero-order chi connectivity index (χ0) is 27.6. The number of ether oxygens (including phenoxy) is 2. The Kier molecular flexibility index (Phi) is 10.7. The average Bonchev–Trinajstić information content (AvgIpc) is 2.88. The molecule has 3 aromatic rings. The number of benzene rings is 3. The first-order valence-corrected chi connectivity index (χ1v) is 14.3. The first kappa shape index (κ1) is 29.4. The van der Waals surface area contributed by atoms with Gasteiger partial charge in [0.25, 0.3) is 0 Å². The number of hydrogen-bond acceptors (Lipinski definition) is 7. The monoisotopic (exact) mass is 573 g/mol. The van der Waals surface area contributed by atoms with Gasteiger partial charge in [0.15, 0.2) is 5.92 Å². The van der Waals surface area contributed by atoms with Crippen molar-refractivity contribution in [1.82, 2.24) is 0 Å². The smallest absolute Gasteiger partial charge is 0.320 e. The Labute approximate surface area is 216 Å². The zero-order valence-corrected chi connectivity index (χ0v) is 22.3. The number of amides is 1. The van der Waals surface area contributed by atoms with Gasteiger partial charge in [-0.25, -0.2) is 0 Å². The molecule has 4 N–H and O–H groups in total. The second kappa shape index (κ2) is 13.5. The zero-order valence-electron chi connectivity index (χ0n) is 20.5. The SMILES string of the molecule is CC(=O)Nc1c(O)cccc1[As](=O)(O)O.COC(=O)C(Cc1ccc(-c2ccccc2)cc1)C(=O)OC. The van der Waals surface area contributed by atoms with E-state index in [9.17, 15) is 23.2 Å². The number of hydrogen-bond donors (Lipinski definition) is 4. The van der Waals surface area contributed by atoms with Crippen LogP contribution >= 0.6 is 0 Å². The van der Waals surface area contributed by atoms with Crippen LogP contribution < -0.4 is 9.67 Å². The maximum Gasteiger partial charge on any atom is 0.320 e. The van der Waals surface area contributed by atoms with Crippen LogP contribution in [0.1, 0.15) is 12.5 Å². The molecule has 196 valence electrons. The third-order valence-corrected chi connectivity index (χ3v) is 7.21. The predicted molar refractivity (Wildman–Crippen MR) is 136 cm³/mol. The van der Waals surface area contributed by atoms with Crippen molar-refractivity contribution in [3.8, 4) is 16.9 Å². The van der Waals surface area contributed by atoms with Crippen LogP contribution in [0.25, 0.3) is 11.1 Å². The van der Waals surface area contributed by atoms with E-state index < -0.39 is 37.9 Å². The van der Waals surface area contributed by atoms with Crippen LogP contribution in [-0.2, 0) is 34.0 Å². The average molecular weight is 573 g/mol. The van der Waals surface area contributed by atoms with Gasteiger partial charge in [-0.15, -0.1) is 0 Å². The van der Waals surface area contributed by atoms with E-state index in [1.165, 1.54) is 39.3 Å². The molecule has 11 heteroatoms. The summed E-state index contributed by atoms with van der Waals surface area (Å²) in [5, 5.41) is 11.5. The van der Waals surface area contributed by atoms with Crippen LogP contribution in [0.15, 0.2) is 72.8 Å². The van der Waals surface area contributed by atoms with E-state index in [2.05, 4.69) is 14.8 Å². The fraction of sp³-hybridized carbons (Fsp3) is 0.192. The number of rotatable bonds is 7. The standard InChI is InChI=1S/C18H18O4.C8H10AsNO5/c1-21-17(19)16(18(20)22-2)12-13-8-10-15(11-9-13)14-6-4-3-5-7-14;1-5(11)10-8-6(9(13,14)15)3-2-4-7(8)12/h3-11,16H,12H2,1-2H3;2-4,12H,1H3,(H,10,11)(H2,13,14,15). The van der Waals surface area contributed by atoms with Gasteiger partial charge in [0.2, 0.25) is 0 Å². The molecule has 0 aliphatic heterocycles. The fourth-order valence-electron chi connectivity index (χ4n) is 3.32. The predicted octanol–water partition coefficient (Wildman–Crippen LogP) is 1.77. The molecule has 37 heavy (non-hydrogen) atoms. The van der Waals surface area contributed by atoms with Crippen LogP contribution in [0.5, 0.6) is 5.75 Å². The maximum absolute atomic E-state index is 11.7. The minimum atomic E-state index is -5.14. The number of anilines is 1. The molecule has 0 bridgehead atoms. The molecule has 0 saturated heterocycles. The molecule has 0 aliphatic rings. The summed E-state index contributed by atoms with van der Waals surface area (Å²) in [6.07, 6.45) is 0.258. The van der Waals surface area contributed by atoms with E-state index in [1.807, 2.05) is 54.6 Å². The Morgan fingerprint density at radius 2 is 1.38 bits per heavy atom. The number of carbonyl (C=O) groups excluding carboxylic acids is 3. The number of carbonyl (C=O) groups is 3. The Bertz CT molecular complexity index is 1250. The van der Waals surface area contributed by atoms with E-state index in [1.54, 1.807) is 0 Å². The molecule has 0 aliphatic carbocycles. The first-order chi connectivity index (χ1) is 17.5. The molecular weight excluding hydrogens is 545 g/mol. The van der Waals surface area contributed by atoms with Gasteiger partial charge in [-0.05, 0) is 23.1 Å². The van der Waals surface area contributed by atoms with E-state index in [0.717, 1.165) is 16.7 Å². The van der Waals surface area contributed by atoms with Gasteiger partial charge in [0.1, 0.15) is 0 Å². The minimum Gasteiger partial charge on any atom is -0.468 e. The van der Waals surface area contributed by atoms with Crippen LogP contribution in [0.3, 0.4) is 0 Å². The number of esters is 2. The van der Waals surface area contributed by atoms with Gasteiger partial charge >= 0.3 is 100 Å². The van der Waals surface area contributed by atoms with Crippen molar-refractivity contribution < 1.29 is 40.9 Å². The fourth-order valence-corrected chi connectivity index (χ4v) is 4.88. The minimum absolute atomic E-state index is 0.225. The summed E-state index contributed by atoms with van der Waals surface area (Å²) in [5.41, 5.74) is 2.85. The maximum atomic E-state index is 11.7. The molecular formula is C26H28AsNO9. The van der Waals surface area contributed by atoms with Crippen molar-refractivity contribution in [2.45, 2.75) is 13.3 Å². The Hall–Kier alpha value is -3.85. The number of para-hydroxylation sites is 1. The van der Waals surface area contributed by atoms with Gasteiger partial charge in [-0.3, -0.25) is 9.59 Å². The molecule has 0 unspecified atom stereocenters. The topological polar surface area (TPSA) is 159 Å². The van der Waals surface area contributed by atoms with Gasteiger partial charge in [0, 0.05) is 0 Å². The number of phenolic OH excluding ortho intramolecular Hbond substituents is 1. The van der Waals surface area contributed by atoms with Crippen molar-refractivity contribution in [2.24, 2.45) is 5.92 Å². The van der Waals surface area contributed by atoms with Crippen LogP contribution in [-0.4, -0.2) is 59.5 Å². The summed E-state index contributed by atoms with van der Waals surface area (Å²) in [5.74, 6) is -2.98. The van der Waals surface area contributed by atoms with Crippen molar-refractivity contribution in [3.63, 3.8) is 0 Å². The van der Waals surface area contributed by atoms with Crippen molar-refractivity contribution in [3.05, 3.63) is 78.4 Å². The van der Waals surface area contributed by atoms with Crippen LogP contribution in [0.4, 0.5) is 5.69 Å². The molecule has 0 fully saturated rings. The number of methoxy groups -OCH3 is 2. The molecule has 0 aromatic heterocycles. The number of nitrogens with one attached hydrogen (secondary N) is 1. The van der Waals surface area contributed by atoms with Crippen molar-refractivity contribution >= 4 is 42.1 Å². The second-order valence-corrected chi connectivity index (χ2v) is 11.1. The summed E-state index contributed by atoms with van der Waals surface area (Å²) in [7, 11) is 2.52. The number of aromatic hydroxyl groups is 1. The number of phenols is 1. The Balaban J connectivity index is 0.000000281. The molecule has 0 spiro atoms. The van der Waals surface area contributed by atoms with E-state index in [-0.39, 0.29) is 22.2 Å². The van der Waals surface area contributed by atoms with Crippen LogP contribution in [0.2, 0.25) is 0 Å². The Morgan fingerprint density at radius 1 is 0.838 bits per heavy atom. The third-order valence-electron chi connectivity index (χ3n) is 5.11. The molecule has 0 saturated carbocycles. The molecule has 0 atom stereocenters. The summed E-state index contributed by atoms with van der Waals surface area (Å²) < 4.78 is 38.1. The molecule has 1 amide bonds. The molecule has 3 rings (SSSR count). The van der Waals surface area contributed by atoms with E-state index in [4.69, 9.17) is 8.19 Å². The third kappa shape index (κ3) is 8.64. The largest absolute Gasteiger partial charge is 0.468 e. The van der Waals surface area contributed by atoms with Gasteiger partial charge in [-0.1, -0.05) is 54.6 Å². The van der Waals surface area contributed by atoms with Gasteiger partial charge < -0.3 is 9.47 Å². The summed E-state index contributed by atoms with van der Waals surface area (Å²) in [6, 6.07) is 21.4. The summed E-state index contributed by atoms with van der Waals surface area (Å²) >= 11 is -5.14. The Morgan fingerprint density at radius 3 is 1.86 bits per heavy atom. The summed E-state index contributed by atoms with van der Waals surface area (Å²) in [6.45, 7) is 1.18. The summed E-state index contributed by atoms with van der Waals surface area (Å²) in [4.78, 5) is 34.1. The van der Waals surface area contributed by atoms with E-state index >= 15 is 0 Å². The second-order valence-electron chi connectivity index (χ2n) is 7.76. The van der Waals surface area contributed by atoms with Gasteiger partial charge in [-0.2, -0.15) is 0 Å². The molecule has 3 aromatic carbocycles. The molecule has 0 heterocycles. The first-order valence-electron chi connectivity index (χ1n) is 10.9. The quantitative estimate of drug-likeness (QED) is 0.143. The van der Waals surface area contributed by atoms with Crippen molar-refractivity contribution in [2.75, 3.05) is 19.5 Å². The van der Waals surface area contributed by atoms with Crippen LogP contribution in [0, 0.1) is 5.92 Å². The van der Waals surface area contributed by atoms with Gasteiger partial charge in [0.05, 0.1) is 14.2 Å². The normalized spacial score (nSPS) is 10.6. The van der Waals surface area contributed by atoms with Crippen molar-refractivity contribution in [1.29, 1.82) is 0 Å². The van der Waals surface area contributed by atoms with E-state index in [0.29, 0.717) is 0 Å². The molecule has 10 nitrogen and oxygen atoms in total.